The van der Waals surface area contributed by atoms with Crippen LogP contribution >= 0.6 is 15.9 Å². The molecule has 0 radical (unpaired) electrons. The van der Waals surface area contributed by atoms with Gasteiger partial charge in [-0.2, -0.15) is 0 Å². The van der Waals surface area contributed by atoms with Crippen molar-refractivity contribution >= 4 is 21.9 Å². The molecule has 1 unspecified atom stereocenters. The number of alkyl halides is 1. The van der Waals surface area contributed by atoms with Crippen molar-refractivity contribution in [2.45, 2.75) is 23.7 Å². The lowest BCUT2D eigenvalue weighted by molar-refractivity contribution is -0.140. The van der Waals surface area contributed by atoms with Gasteiger partial charge in [0.25, 0.3) is 0 Å². The first-order chi connectivity index (χ1) is 7.70. The minimum absolute atomic E-state index is 0.176. The van der Waals surface area contributed by atoms with Crippen molar-refractivity contribution in [3.8, 4) is 0 Å². The SMILES string of the molecule is COC(=O)C(Br)CN1CCN(C2CC2)CC1. The largest absolute Gasteiger partial charge is 0.468 e. The number of carbonyl (C=O) groups is 1. The average molecular weight is 291 g/mol. The van der Waals surface area contributed by atoms with E-state index < -0.39 is 0 Å². The van der Waals surface area contributed by atoms with Gasteiger partial charge in [-0.05, 0) is 12.8 Å². The number of nitrogens with zero attached hydrogens (tertiary/aromatic N) is 2. The minimum Gasteiger partial charge on any atom is -0.468 e. The fourth-order valence-electron chi connectivity index (χ4n) is 2.18. The van der Waals surface area contributed by atoms with Gasteiger partial charge in [0.2, 0.25) is 0 Å². The van der Waals surface area contributed by atoms with E-state index in [2.05, 4.69) is 25.7 Å². The second kappa shape index (κ2) is 5.47. The molecule has 2 rings (SSSR count). The molecule has 1 saturated heterocycles. The maximum atomic E-state index is 11.3. The summed E-state index contributed by atoms with van der Waals surface area (Å²) < 4.78 is 4.70. The predicted octanol–water partition coefficient (Wildman–Crippen LogP) is 0.703. The normalized spacial score (nSPS) is 25.4. The van der Waals surface area contributed by atoms with E-state index in [0.717, 1.165) is 38.8 Å². The summed E-state index contributed by atoms with van der Waals surface area (Å²) in [7, 11) is 1.43. The minimum atomic E-state index is -0.190. The first kappa shape index (κ1) is 12.3. The Morgan fingerprint density at radius 2 is 2.00 bits per heavy atom. The smallest absolute Gasteiger partial charge is 0.320 e. The van der Waals surface area contributed by atoms with Gasteiger partial charge in [-0.15, -0.1) is 0 Å². The molecule has 4 nitrogen and oxygen atoms in total. The molecule has 0 spiro atoms. The van der Waals surface area contributed by atoms with Crippen LogP contribution < -0.4 is 0 Å². The Morgan fingerprint density at radius 1 is 1.38 bits per heavy atom. The van der Waals surface area contributed by atoms with Gasteiger partial charge in [-0.25, -0.2) is 0 Å². The van der Waals surface area contributed by atoms with Gasteiger partial charge in [0.15, 0.2) is 0 Å². The van der Waals surface area contributed by atoms with Crippen molar-refractivity contribution in [1.29, 1.82) is 0 Å². The Kier molecular flexibility index (Phi) is 4.21. The molecule has 1 heterocycles. The summed E-state index contributed by atoms with van der Waals surface area (Å²) in [5.41, 5.74) is 0. The van der Waals surface area contributed by atoms with E-state index in [1.54, 1.807) is 0 Å². The summed E-state index contributed by atoms with van der Waals surface area (Å²) in [6.07, 6.45) is 2.76. The topological polar surface area (TPSA) is 32.8 Å². The van der Waals surface area contributed by atoms with Gasteiger partial charge in [0.1, 0.15) is 4.83 Å². The summed E-state index contributed by atoms with van der Waals surface area (Å²) in [4.78, 5) is 16.0. The van der Waals surface area contributed by atoms with Crippen LogP contribution in [0.4, 0.5) is 0 Å². The van der Waals surface area contributed by atoms with Crippen LogP contribution in [0.15, 0.2) is 0 Å². The Labute approximate surface area is 105 Å². The molecule has 0 aromatic carbocycles. The molecule has 16 heavy (non-hydrogen) atoms. The lowest BCUT2D eigenvalue weighted by Crippen LogP contribution is -2.49. The van der Waals surface area contributed by atoms with Crippen LogP contribution in [0, 0.1) is 0 Å². The fraction of sp³-hybridized carbons (Fsp3) is 0.909. The number of hydrogen-bond donors (Lipinski definition) is 0. The first-order valence-electron chi connectivity index (χ1n) is 5.89. The van der Waals surface area contributed by atoms with Gasteiger partial charge in [-0.3, -0.25) is 14.6 Å². The number of esters is 1. The van der Waals surface area contributed by atoms with E-state index in [-0.39, 0.29) is 10.8 Å². The van der Waals surface area contributed by atoms with Crippen molar-refractivity contribution in [2.75, 3.05) is 39.8 Å². The molecule has 92 valence electrons. The van der Waals surface area contributed by atoms with Crippen molar-refractivity contribution < 1.29 is 9.53 Å². The highest BCUT2D eigenvalue weighted by molar-refractivity contribution is 9.10. The van der Waals surface area contributed by atoms with E-state index in [0.29, 0.717) is 0 Å². The van der Waals surface area contributed by atoms with E-state index >= 15 is 0 Å². The Balaban J connectivity index is 1.69. The molecule has 0 aromatic heterocycles. The summed E-state index contributed by atoms with van der Waals surface area (Å²) in [5.74, 6) is -0.176. The van der Waals surface area contributed by atoms with Crippen LogP contribution in [0.2, 0.25) is 0 Å². The highest BCUT2D eigenvalue weighted by Crippen LogP contribution is 2.27. The Hall–Kier alpha value is -0.130. The van der Waals surface area contributed by atoms with E-state index in [1.807, 2.05) is 0 Å². The molecule has 0 amide bonds. The van der Waals surface area contributed by atoms with Gasteiger partial charge >= 0.3 is 5.97 Å². The highest BCUT2D eigenvalue weighted by Gasteiger charge is 2.31. The molecular formula is C11H19BrN2O2. The summed E-state index contributed by atoms with van der Waals surface area (Å²) in [6, 6.07) is 0.863. The quantitative estimate of drug-likeness (QED) is 0.564. The number of piperazine rings is 1. The number of carbonyl (C=O) groups excluding carboxylic acids is 1. The number of rotatable bonds is 4. The van der Waals surface area contributed by atoms with Gasteiger partial charge in [0, 0.05) is 38.8 Å². The van der Waals surface area contributed by atoms with Crippen LogP contribution in [0.25, 0.3) is 0 Å². The molecule has 0 aromatic rings. The molecule has 1 aliphatic carbocycles. The molecular weight excluding hydrogens is 272 g/mol. The zero-order chi connectivity index (χ0) is 11.5. The maximum absolute atomic E-state index is 11.3. The third kappa shape index (κ3) is 3.18. The lowest BCUT2D eigenvalue weighted by atomic mass is 10.3. The van der Waals surface area contributed by atoms with Gasteiger partial charge < -0.3 is 4.74 Å². The van der Waals surface area contributed by atoms with E-state index in [1.165, 1.54) is 20.0 Å². The second-order valence-electron chi connectivity index (χ2n) is 4.56. The zero-order valence-electron chi connectivity index (χ0n) is 9.69. The standard InChI is InChI=1S/C11H19BrN2O2/c1-16-11(15)10(12)8-13-4-6-14(7-5-13)9-2-3-9/h9-10H,2-8H2,1H3. The van der Waals surface area contributed by atoms with Crippen LogP contribution in [0.3, 0.4) is 0 Å². The fourth-order valence-corrected chi connectivity index (χ4v) is 2.78. The average Bonchev–Trinajstić information content (AvgIpc) is 3.13. The van der Waals surface area contributed by atoms with Crippen molar-refractivity contribution in [3.05, 3.63) is 0 Å². The monoisotopic (exact) mass is 290 g/mol. The third-order valence-corrected chi connectivity index (χ3v) is 4.01. The molecule has 1 atom stereocenters. The van der Waals surface area contributed by atoms with Gasteiger partial charge in [-0.1, -0.05) is 15.9 Å². The molecule has 1 saturated carbocycles. The van der Waals surface area contributed by atoms with Crippen molar-refractivity contribution in [3.63, 3.8) is 0 Å². The lowest BCUT2D eigenvalue weighted by Gasteiger charge is -2.35. The molecule has 0 N–H and O–H groups in total. The van der Waals surface area contributed by atoms with Crippen LogP contribution in [0.1, 0.15) is 12.8 Å². The summed E-state index contributed by atoms with van der Waals surface area (Å²) in [5, 5.41) is 0. The van der Waals surface area contributed by atoms with Crippen LogP contribution in [-0.4, -0.2) is 66.5 Å². The molecule has 1 aliphatic heterocycles. The highest BCUT2D eigenvalue weighted by atomic mass is 79.9. The predicted molar refractivity (Wildman–Crippen MR) is 65.8 cm³/mol. The number of halogens is 1. The number of methoxy groups -OCH3 is 1. The third-order valence-electron chi connectivity index (χ3n) is 3.35. The Bertz CT molecular complexity index is 250. The Morgan fingerprint density at radius 3 is 2.50 bits per heavy atom. The number of ether oxygens (including phenoxy) is 1. The summed E-state index contributed by atoms with van der Waals surface area (Å²) >= 11 is 3.37. The zero-order valence-corrected chi connectivity index (χ0v) is 11.3. The second-order valence-corrected chi connectivity index (χ2v) is 5.66. The molecule has 5 heteroatoms. The first-order valence-corrected chi connectivity index (χ1v) is 6.80. The van der Waals surface area contributed by atoms with E-state index in [4.69, 9.17) is 4.74 Å². The van der Waals surface area contributed by atoms with Crippen LogP contribution in [0.5, 0.6) is 0 Å². The van der Waals surface area contributed by atoms with Crippen molar-refractivity contribution in [1.82, 2.24) is 9.80 Å². The number of hydrogen-bond acceptors (Lipinski definition) is 4. The van der Waals surface area contributed by atoms with Crippen molar-refractivity contribution in [2.24, 2.45) is 0 Å². The van der Waals surface area contributed by atoms with E-state index in [9.17, 15) is 4.79 Å². The van der Waals surface area contributed by atoms with Crippen LogP contribution in [-0.2, 0) is 9.53 Å². The van der Waals surface area contributed by atoms with Gasteiger partial charge in [0.05, 0.1) is 7.11 Å². The molecule has 2 aliphatic rings. The maximum Gasteiger partial charge on any atom is 0.320 e. The summed E-state index contributed by atoms with van der Waals surface area (Å²) in [6.45, 7) is 5.17. The molecule has 0 bridgehead atoms. The molecule has 2 fully saturated rings.